The summed E-state index contributed by atoms with van der Waals surface area (Å²) in [4.78, 5) is 11.5. The lowest BCUT2D eigenvalue weighted by Gasteiger charge is -2.13. The van der Waals surface area contributed by atoms with Crippen LogP contribution in [0.2, 0.25) is 0 Å². The molecular formula is C7H13NO6P2S. The van der Waals surface area contributed by atoms with Gasteiger partial charge in [-0.1, -0.05) is 11.4 Å². The van der Waals surface area contributed by atoms with Gasteiger partial charge in [0.1, 0.15) is 6.04 Å². The second-order valence-electron chi connectivity index (χ2n) is 3.09. The van der Waals surface area contributed by atoms with Crippen molar-refractivity contribution >= 4 is 33.5 Å². The molecule has 0 amide bonds. The molecule has 0 bridgehead atoms. The van der Waals surface area contributed by atoms with Crippen LogP contribution in [0.25, 0.3) is 0 Å². The van der Waals surface area contributed by atoms with Crippen LogP contribution >= 0.6 is 27.6 Å². The van der Waals surface area contributed by atoms with E-state index in [1.54, 1.807) is 0 Å². The Balaban J connectivity index is 1.63. The van der Waals surface area contributed by atoms with Crippen LogP contribution in [0.5, 0.6) is 0 Å². The van der Waals surface area contributed by atoms with E-state index >= 15 is 0 Å². The van der Waals surface area contributed by atoms with Crippen molar-refractivity contribution in [3.63, 3.8) is 0 Å². The van der Waals surface area contributed by atoms with Crippen LogP contribution in [0.15, 0.2) is 0 Å². The molecule has 10 heteroatoms. The van der Waals surface area contributed by atoms with E-state index in [1.807, 2.05) is 0 Å². The summed E-state index contributed by atoms with van der Waals surface area (Å²) in [5.74, 6) is -0.118. The summed E-state index contributed by atoms with van der Waals surface area (Å²) in [6.07, 6.45) is 0. The molecule has 2 heterocycles. The Morgan fingerprint density at radius 3 is 2.47 bits per heavy atom. The van der Waals surface area contributed by atoms with E-state index in [0.717, 1.165) is 0 Å². The number of carbonyl (C=O) groups is 1. The molecule has 98 valence electrons. The average molecular weight is 301 g/mol. The van der Waals surface area contributed by atoms with Crippen LogP contribution in [-0.4, -0.2) is 44.2 Å². The topological polar surface area (TPSA) is 89.2 Å². The zero-order valence-corrected chi connectivity index (χ0v) is 11.5. The van der Waals surface area contributed by atoms with Crippen molar-refractivity contribution in [1.29, 1.82) is 0 Å². The maximum Gasteiger partial charge on any atom is 0.399 e. The molecule has 7 nitrogen and oxygen atoms in total. The molecule has 0 saturated carbocycles. The number of nitrogens with two attached hydrogens (primary N) is 1. The van der Waals surface area contributed by atoms with Gasteiger partial charge in [0.15, 0.2) is 0 Å². The van der Waals surface area contributed by atoms with Crippen molar-refractivity contribution < 1.29 is 27.4 Å². The summed E-state index contributed by atoms with van der Waals surface area (Å²) in [6.45, 7) is 2.11. The summed E-state index contributed by atoms with van der Waals surface area (Å²) in [5, 5.41) is 0. The van der Waals surface area contributed by atoms with E-state index in [2.05, 4.69) is 0 Å². The first-order valence-corrected chi connectivity index (χ1v) is 8.84. The Morgan fingerprint density at radius 2 is 1.82 bits per heavy atom. The zero-order chi connectivity index (χ0) is 12.1. The van der Waals surface area contributed by atoms with Crippen LogP contribution in [0.3, 0.4) is 0 Å². The Bertz CT molecular complexity index is 261. The van der Waals surface area contributed by atoms with Gasteiger partial charge in [-0.05, 0) is 0 Å². The molecule has 0 aromatic carbocycles. The van der Waals surface area contributed by atoms with Gasteiger partial charge >= 0.3 is 14.6 Å². The lowest BCUT2D eigenvalue weighted by atomic mass is 10.4. The molecule has 0 aliphatic carbocycles. The lowest BCUT2D eigenvalue weighted by Crippen LogP contribution is -2.33. The third-order valence-electron chi connectivity index (χ3n) is 1.78. The Hall–Kier alpha value is 0.480. The minimum Gasteiger partial charge on any atom is -0.393 e. The minimum atomic E-state index is -1.53. The van der Waals surface area contributed by atoms with E-state index in [1.165, 1.54) is 11.4 Å². The molecule has 0 aromatic rings. The zero-order valence-electron chi connectivity index (χ0n) is 8.94. The maximum atomic E-state index is 11.5. The summed E-state index contributed by atoms with van der Waals surface area (Å²) in [6, 6.07) is -0.717. The molecule has 0 aromatic heterocycles. The smallest absolute Gasteiger partial charge is 0.393 e. The van der Waals surface area contributed by atoms with Crippen molar-refractivity contribution in [1.82, 2.24) is 0 Å². The highest BCUT2D eigenvalue weighted by molar-refractivity contribution is 8.52. The van der Waals surface area contributed by atoms with Crippen LogP contribution in [0.1, 0.15) is 0 Å². The first-order valence-electron chi connectivity index (χ1n) is 4.98. The Kier molecular flexibility index (Phi) is 5.86. The van der Waals surface area contributed by atoms with Gasteiger partial charge in [0.2, 0.25) is 7.58 Å². The van der Waals surface area contributed by atoms with Gasteiger partial charge in [0.05, 0.1) is 26.4 Å². The third kappa shape index (κ3) is 4.58. The second-order valence-corrected chi connectivity index (χ2v) is 7.46. The SMILES string of the molecule is N[C@H](CSP1OCCO1)C(=O)OP1OCCO1. The predicted octanol–water partition coefficient (Wildman–Crippen LogP) is 1.14. The summed E-state index contributed by atoms with van der Waals surface area (Å²) in [7, 11) is -2.48. The molecule has 2 rings (SSSR count). The van der Waals surface area contributed by atoms with Gasteiger partial charge in [-0.25, -0.2) is 0 Å². The maximum absolute atomic E-state index is 11.5. The third-order valence-corrected chi connectivity index (χ3v) is 6.11. The highest BCUT2D eigenvalue weighted by Crippen LogP contribution is 2.54. The van der Waals surface area contributed by atoms with E-state index < -0.39 is 28.2 Å². The predicted molar refractivity (Wildman–Crippen MR) is 64.2 cm³/mol. The molecule has 17 heavy (non-hydrogen) atoms. The fourth-order valence-electron chi connectivity index (χ4n) is 0.999. The number of carbonyl (C=O) groups excluding carboxylic acids is 1. The van der Waals surface area contributed by atoms with Crippen molar-refractivity contribution in [2.24, 2.45) is 5.73 Å². The first kappa shape index (κ1) is 13.9. The highest BCUT2D eigenvalue weighted by atomic mass is 32.7. The van der Waals surface area contributed by atoms with Gasteiger partial charge in [-0.3, -0.25) is 13.8 Å². The molecule has 2 aliphatic heterocycles. The van der Waals surface area contributed by atoms with E-state index in [9.17, 15) is 4.79 Å². The Morgan fingerprint density at radius 1 is 1.24 bits per heavy atom. The molecule has 2 fully saturated rings. The number of rotatable bonds is 5. The van der Waals surface area contributed by atoms with Gasteiger partial charge in [-0.15, -0.1) is 0 Å². The van der Waals surface area contributed by atoms with E-state index in [-0.39, 0.29) is 0 Å². The van der Waals surface area contributed by atoms with Crippen LogP contribution in [0.4, 0.5) is 0 Å². The molecule has 2 saturated heterocycles. The van der Waals surface area contributed by atoms with E-state index in [4.69, 9.17) is 28.4 Å². The van der Waals surface area contributed by atoms with Gasteiger partial charge in [-0.2, -0.15) is 0 Å². The summed E-state index contributed by atoms with van der Waals surface area (Å²) < 4.78 is 25.6. The van der Waals surface area contributed by atoms with Crippen molar-refractivity contribution in [3.05, 3.63) is 0 Å². The quantitative estimate of drug-likeness (QED) is 0.756. The van der Waals surface area contributed by atoms with Crippen LogP contribution in [0, 0.1) is 0 Å². The van der Waals surface area contributed by atoms with Crippen LogP contribution < -0.4 is 5.73 Å². The standard InChI is InChI=1S/C7H13NO6P2S/c8-6(5-17-16-12-3-4-13-16)7(9)14-15-10-1-2-11-15/h6H,1-5,8H2/t6-/m1/s1. The highest BCUT2D eigenvalue weighted by Gasteiger charge is 2.28. The molecule has 0 spiro atoms. The molecule has 1 atom stereocenters. The minimum absolute atomic E-state index is 0.397. The average Bonchev–Trinajstić information content (AvgIpc) is 2.98. The molecule has 0 unspecified atom stereocenters. The van der Waals surface area contributed by atoms with Gasteiger partial charge in [0, 0.05) is 5.75 Å². The summed E-state index contributed by atoms with van der Waals surface area (Å²) in [5.41, 5.74) is 5.68. The Labute approximate surface area is 105 Å². The molecule has 0 radical (unpaired) electrons. The number of hydrogen-bond acceptors (Lipinski definition) is 8. The monoisotopic (exact) mass is 301 g/mol. The van der Waals surface area contributed by atoms with E-state index in [0.29, 0.717) is 32.2 Å². The fraction of sp³-hybridized carbons (Fsp3) is 0.857. The normalized spacial score (nSPS) is 24.1. The van der Waals surface area contributed by atoms with Crippen molar-refractivity contribution in [3.8, 4) is 0 Å². The van der Waals surface area contributed by atoms with Crippen molar-refractivity contribution in [2.45, 2.75) is 6.04 Å². The summed E-state index contributed by atoms with van der Waals surface area (Å²) >= 11 is 1.40. The molecule has 2 N–H and O–H groups in total. The fourth-order valence-corrected chi connectivity index (χ4v) is 4.74. The second kappa shape index (κ2) is 7.16. The molecular weight excluding hydrogens is 288 g/mol. The number of hydrogen-bond donors (Lipinski definition) is 1. The van der Waals surface area contributed by atoms with Crippen molar-refractivity contribution in [2.75, 3.05) is 32.2 Å². The molecule has 2 aliphatic rings. The van der Waals surface area contributed by atoms with Crippen LogP contribution in [-0.2, 0) is 27.4 Å². The van der Waals surface area contributed by atoms with Gasteiger partial charge < -0.3 is 19.3 Å². The van der Waals surface area contributed by atoms with Gasteiger partial charge in [0.25, 0.3) is 0 Å². The largest absolute Gasteiger partial charge is 0.399 e. The first-order chi connectivity index (χ1) is 8.25. The lowest BCUT2D eigenvalue weighted by molar-refractivity contribution is -0.135.